The molecule has 1 N–H and O–H groups in total. The number of aryl methyl sites for hydroxylation is 1. The van der Waals surface area contributed by atoms with E-state index in [2.05, 4.69) is 29.4 Å². The molecule has 8 nitrogen and oxygen atoms in total. The Bertz CT molecular complexity index is 562. The fraction of sp³-hybridized carbons (Fsp3) is 0.812. The van der Waals surface area contributed by atoms with Crippen LogP contribution in [0.3, 0.4) is 0 Å². The van der Waals surface area contributed by atoms with Gasteiger partial charge >= 0.3 is 6.03 Å². The third kappa shape index (κ3) is 3.70. The topological polar surface area (TPSA) is 81.5 Å². The van der Waals surface area contributed by atoms with Crippen molar-refractivity contribution in [2.45, 2.75) is 32.5 Å². The Labute approximate surface area is 142 Å². The van der Waals surface area contributed by atoms with Crippen molar-refractivity contribution < 1.29 is 14.3 Å². The van der Waals surface area contributed by atoms with E-state index >= 15 is 0 Å². The molecule has 134 valence electrons. The number of ether oxygens (including phenoxy) is 2. The minimum atomic E-state index is -0.227. The minimum Gasteiger partial charge on any atom is -0.378 e. The maximum absolute atomic E-state index is 12.5. The van der Waals surface area contributed by atoms with E-state index in [9.17, 15) is 4.79 Å². The second-order valence-electron chi connectivity index (χ2n) is 6.92. The number of nitrogens with zero attached hydrogens (tertiary/aromatic N) is 4. The SMILES string of the molecule is CC(C)[C@@H]1OCC[C@H]1CNC(=O)N1CCO[C@@H](c2nncn2C)C1. The highest BCUT2D eigenvalue weighted by atomic mass is 16.5. The van der Waals surface area contributed by atoms with Gasteiger partial charge in [0.2, 0.25) is 0 Å². The lowest BCUT2D eigenvalue weighted by molar-refractivity contribution is -0.0217. The zero-order valence-corrected chi connectivity index (χ0v) is 14.6. The van der Waals surface area contributed by atoms with Crippen LogP contribution < -0.4 is 5.32 Å². The lowest BCUT2D eigenvalue weighted by Crippen LogP contribution is -2.49. The highest BCUT2D eigenvalue weighted by Gasteiger charge is 2.32. The molecule has 2 aliphatic heterocycles. The molecule has 8 heteroatoms. The van der Waals surface area contributed by atoms with E-state index in [-0.39, 0.29) is 18.2 Å². The first-order valence-electron chi connectivity index (χ1n) is 8.66. The van der Waals surface area contributed by atoms with Crippen molar-refractivity contribution >= 4 is 6.03 Å². The van der Waals surface area contributed by atoms with Crippen LogP contribution in [0.1, 0.15) is 32.2 Å². The Hall–Kier alpha value is -1.67. The molecule has 2 saturated heterocycles. The van der Waals surface area contributed by atoms with E-state index in [0.717, 1.165) is 18.9 Å². The lowest BCUT2D eigenvalue weighted by atomic mass is 9.93. The van der Waals surface area contributed by atoms with Crippen LogP contribution in [0.25, 0.3) is 0 Å². The van der Waals surface area contributed by atoms with E-state index < -0.39 is 0 Å². The summed E-state index contributed by atoms with van der Waals surface area (Å²) in [6, 6.07) is -0.0418. The lowest BCUT2D eigenvalue weighted by Gasteiger charge is -2.33. The average Bonchev–Trinajstić information content (AvgIpc) is 3.21. The number of nitrogens with one attached hydrogen (secondary N) is 1. The molecule has 0 unspecified atom stereocenters. The molecule has 0 radical (unpaired) electrons. The van der Waals surface area contributed by atoms with E-state index in [1.54, 1.807) is 11.2 Å². The first-order valence-corrected chi connectivity index (χ1v) is 8.66. The Morgan fingerprint density at radius 1 is 1.42 bits per heavy atom. The summed E-state index contributed by atoms with van der Waals surface area (Å²) in [4.78, 5) is 14.3. The Morgan fingerprint density at radius 2 is 2.25 bits per heavy atom. The number of urea groups is 1. The molecule has 0 aliphatic carbocycles. The van der Waals surface area contributed by atoms with Crippen LogP contribution in [0, 0.1) is 11.8 Å². The van der Waals surface area contributed by atoms with E-state index in [4.69, 9.17) is 9.47 Å². The predicted molar refractivity (Wildman–Crippen MR) is 87.4 cm³/mol. The molecule has 2 amide bonds. The molecular weight excluding hydrogens is 310 g/mol. The summed E-state index contributed by atoms with van der Waals surface area (Å²) in [6.45, 7) is 7.37. The zero-order chi connectivity index (χ0) is 17.1. The van der Waals surface area contributed by atoms with Crippen LogP contribution in [0.15, 0.2) is 6.33 Å². The monoisotopic (exact) mass is 337 g/mol. The summed E-state index contributed by atoms with van der Waals surface area (Å²) < 4.78 is 13.4. The van der Waals surface area contributed by atoms with E-state index in [0.29, 0.717) is 38.1 Å². The van der Waals surface area contributed by atoms with Gasteiger partial charge in [0.15, 0.2) is 5.82 Å². The number of hydrogen-bond donors (Lipinski definition) is 1. The molecule has 24 heavy (non-hydrogen) atoms. The molecule has 2 aliphatic rings. The third-order valence-electron chi connectivity index (χ3n) is 4.82. The number of carbonyl (C=O) groups is 1. The molecule has 3 atom stereocenters. The highest BCUT2D eigenvalue weighted by Crippen LogP contribution is 2.26. The van der Waals surface area contributed by atoms with Crippen molar-refractivity contribution in [3.8, 4) is 0 Å². The number of carbonyl (C=O) groups excluding carboxylic acids is 1. The number of rotatable bonds is 4. The molecule has 1 aromatic heterocycles. The summed E-state index contributed by atoms with van der Waals surface area (Å²) in [5.74, 6) is 1.61. The van der Waals surface area contributed by atoms with Crippen molar-refractivity contribution in [3.63, 3.8) is 0 Å². The van der Waals surface area contributed by atoms with E-state index in [1.165, 1.54) is 0 Å². The summed E-state index contributed by atoms with van der Waals surface area (Å²) in [6.07, 6.45) is 2.66. The van der Waals surface area contributed by atoms with Crippen LogP contribution in [-0.4, -0.2) is 64.6 Å². The van der Waals surface area contributed by atoms with Crippen LogP contribution >= 0.6 is 0 Å². The molecule has 2 fully saturated rings. The van der Waals surface area contributed by atoms with Crippen molar-refractivity contribution in [1.29, 1.82) is 0 Å². The Kier molecular flexibility index (Phi) is 5.35. The van der Waals surface area contributed by atoms with Gasteiger partial charge in [0.05, 0.1) is 19.3 Å². The van der Waals surface area contributed by atoms with Crippen molar-refractivity contribution in [2.75, 3.05) is 32.8 Å². The standard InChI is InChI=1S/C16H27N5O3/c1-11(2)14-12(4-6-24-14)8-17-16(22)21-5-7-23-13(9-21)15-19-18-10-20(15)3/h10-14H,4-9H2,1-3H3,(H,17,22)/t12-,13+,14-/m0/s1. The molecule has 0 aromatic carbocycles. The van der Waals surface area contributed by atoms with Crippen LogP contribution in [0.4, 0.5) is 4.79 Å². The van der Waals surface area contributed by atoms with Gasteiger partial charge in [-0.05, 0) is 12.3 Å². The number of hydrogen-bond acceptors (Lipinski definition) is 5. The van der Waals surface area contributed by atoms with Gasteiger partial charge in [-0.25, -0.2) is 4.79 Å². The van der Waals surface area contributed by atoms with Gasteiger partial charge in [0.1, 0.15) is 12.4 Å². The van der Waals surface area contributed by atoms with Crippen LogP contribution in [0.5, 0.6) is 0 Å². The van der Waals surface area contributed by atoms with Gasteiger partial charge in [0, 0.05) is 32.7 Å². The second-order valence-corrected chi connectivity index (χ2v) is 6.92. The fourth-order valence-electron chi connectivity index (χ4n) is 3.51. The summed E-state index contributed by atoms with van der Waals surface area (Å²) in [5, 5.41) is 11.0. The van der Waals surface area contributed by atoms with Crippen LogP contribution in [0.2, 0.25) is 0 Å². The summed E-state index contributed by atoms with van der Waals surface area (Å²) in [5.41, 5.74) is 0. The normalized spacial score (nSPS) is 27.7. The third-order valence-corrected chi connectivity index (χ3v) is 4.82. The first kappa shape index (κ1) is 17.2. The number of morpholine rings is 1. The number of aromatic nitrogens is 3. The molecule has 0 spiro atoms. The zero-order valence-electron chi connectivity index (χ0n) is 14.6. The highest BCUT2D eigenvalue weighted by molar-refractivity contribution is 5.74. The molecule has 0 saturated carbocycles. The van der Waals surface area contributed by atoms with Gasteiger partial charge in [-0.1, -0.05) is 13.8 Å². The molecule has 3 rings (SSSR count). The van der Waals surface area contributed by atoms with E-state index in [1.807, 2.05) is 11.6 Å². The smallest absolute Gasteiger partial charge is 0.317 e. The minimum absolute atomic E-state index is 0.0418. The Balaban J connectivity index is 1.52. The maximum Gasteiger partial charge on any atom is 0.317 e. The predicted octanol–water partition coefficient (Wildman–Crippen LogP) is 0.959. The number of amides is 2. The average molecular weight is 337 g/mol. The van der Waals surface area contributed by atoms with Crippen LogP contribution in [-0.2, 0) is 16.5 Å². The quantitative estimate of drug-likeness (QED) is 0.885. The van der Waals surface area contributed by atoms with Crippen molar-refractivity contribution in [2.24, 2.45) is 18.9 Å². The van der Waals surface area contributed by atoms with Gasteiger partial charge in [-0.15, -0.1) is 10.2 Å². The maximum atomic E-state index is 12.5. The first-order chi connectivity index (χ1) is 11.6. The van der Waals surface area contributed by atoms with Crippen molar-refractivity contribution in [1.82, 2.24) is 25.0 Å². The second kappa shape index (κ2) is 7.48. The largest absolute Gasteiger partial charge is 0.378 e. The molecule has 1 aromatic rings. The molecule has 0 bridgehead atoms. The van der Waals surface area contributed by atoms with Crippen molar-refractivity contribution in [3.05, 3.63) is 12.2 Å². The summed E-state index contributed by atoms with van der Waals surface area (Å²) in [7, 11) is 1.88. The van der Waals surface area contributed by atoms with Gasteiger partial charge < -0.3 is 24.3 Å². The molecule has 3 heterocycles. The van der Waals surface area contributed by atoms with Gasteiger partial charge in [0.25, 0.3) is 0 Å². The van der Waals surface area contributed by atoms with Gasteiger partial charge in [-0.3, -0.25) is 0 Å². The Morgan fingerprint density at radius 3 is 2.96 bits per heavy atom. The fourth-order valence-corrected chi connectivity index (χ4v) is 3.51. The van der Waals surface area contributed by atoms with Gasteiger partial charge in [-0.2, -0.15) is 0 Å². The summed E-state index contributed by atoms with van der Waals surface area (Å²) >= 11 is 0. The molecular formula is C16H27N5O3.